The van der Waals surface area contributed by atoms with Crippen LogP contribution < -0.4 is 0 Å². The zero-order valence-corrected chi connectivity index (χ0v) is 15.3. The van der Waals surface area contributed by atoms with Crippen LogP contribution in [0.3, 0.4) is 0 Å². The molecule has 0 fully saturated rings. The van der Waals surface area contributed by atoms with Crippen LogP contribution in [-0.4, -0.2) is 8.07 Å². The van der Waals surface area contributed by atoms with E-state index in [-0.39, 0.29) is 0 Å². The fraction of sp³-hybridized carbons (Fsp3) is 0.227. The number of rotatable bonds is 3. The Hall–Kier alpha value is -2.55. The Morgan fingerprint density at radius 3 is 2.08 bits per heavy atom. The van der Waals surface area contributed by atoms with Gasteiger partial charge in [0.05, 0.1) is 6.07 Å². The minimum Gasteiger partial charge on any atom is -0.198 e. The molecule has 0 aromatic heterocycles. The van der Waals surface area contributed by atoms with Crippen LogP contribution in [0.25, 0.3) is 21.5 Å². The molecule has 0 N–H and O–H groups in total. The van der Waals surface area contributed by atoms with Gasteiger partial charge in [-0.05, 0) is 40.1 Å². The predicted molar refractivity (Wildman–Crippen MR) is 105 cm³/mol. The van der Waals surface area contributed by atoms with E-state index in [4.69, 9.17) is 5.26 Å². The topological polar surface area (TPSA) is 23.8 Å². The Kier molecular flexibility index (Phi) is 4.70. The fourth-order valence-electron chi connectivity index (χ4n) is 3.05. The number of unbranched alkanes of at least 4 members (excludes halogenated alkanes) is 1. The SMILES string of the molecule is C[Si](C)(C#Cc1c2ccccc2cc2ccccc12)CCCC#N. The number of benzene rings is 3. The van der Waals surface area contributed by atoms with Crippen molar-refractivity contribution in [2.24, 2.45) is 0 Å². The van der Waals surface area contributed by atoms with E-state index in [0.29, 0.717) is 6.42 Å². The van der Waals surface area contributed by atoms with Gasteiger partial charge in [-0.15, -0.1) is 5.54 Å². The lowest BCUT2D eigenvalue weighted by Crippen LogP contribution is -2.22. The highest BCUT2D eigenvalue weighted by Gasteiger charge is 2.17. The van der Waals surface area contributed by atoms with Gasteiger partial charge in [0.1, 0.15) is 8.07 Å². The molecule has 2 heteroatoms. The van der Waals surface area contributed by atoms with Crippen molar-refractivity contribution in [3.05, 3.63) is 60.2 Å². The third kappa shape index (κ3) is 3.51. The number of hydrogen-bond donors (Lipinski definition) is 0. The van der Waals surface area contributed by atoms with Gasteiger partial charge in [0.15, 0.2) is 0 Å². The van der Waals surface area contributed by atoms with E-state index in [0.717, 1.165) is 18.0 Å². The average Bonchev–Trinajstić information content (AvgIpc) is 2.58. The summed E-state index contributed by atoms with van der Waals surface area (Å²) < 4.78 is 0. The fourth-order valence-corrected chi connectivity index (χ4v) is 4.70. The first-order valence-electron chi connectivity index (χ1n) is 8.41. The van der Waals surface area contributed by atoms with E-state index in [1.807, 2.05) is 0 Å². The molecule has 1 nitrogen and oxygen atoms in total. The first kappa shape index (κ1) is 16.3. The van der Waals surface area contributed by atoms with Gasteiger partial charge in [-0.1, -0.05) is 67.5 Å². The van der Waals surface area contributed by atoms with Crippen LogP contribution in [0.15, 0.2) is 54.6 Å². The Morgan fingerprint density at radius 1 is 0.917 bits per heavy atom. The van der Waals surface area contributed by atoms with Crippen molar-refractivity contribution in [1.82, 2.24) is 0 Å². The molecule has 0 saturated carbocycles. The van der Waals surface area contributed by atoms with Crippen molar-refractivity contribution in [3.63, 3.8) is 0 Å². The van der Waals surface area contributed by atoms with Crippen LogP contribution in [0.2, 0.25) is 19.1 Å². The highest BCUT2D eigenvalue weighted by atomic mass is 28.3. The molecule has 0 unspecified atom stereocenters. The van der Waals surface area contributed by atoms with Gasteiger partial charge in [-0.3, -0.25) is 0 Å². The number of nitrogens with zero attached hydrogens (tertiary/aromatic N) is 1. The van der Waals surface area contributed by atoms with E-state index in [1.54, 1.807) is 0 Å². The van der Waals surface area contributed by atoms with Crippen molar-refractivity contribution < 1.29 is 0 Å². The van der Waals surface area contributed by atoms with Crippen molar-refractivity contribution >= 4 is 29.6 Å². The second-order valence-electron chi connectivity index (χ2n) is 6.84. The summed E-state index contributed by atoms with van der Waals surface area (Å²) in [5, 5.41) is 13.7. The molecule has 0 saturated heterocycles. The quantitative estimate of drug-likeness (QED) is 0.254. The van der Waals surface area contributed by atoms with Crippen LogP contribution in [0, 0.1) is 22.8 Å². The van der Waals surface area contributed by atoms with Crippen LogP contribution in [0.4, 0.5) is 0 Å². The van der Waals surface area contributed by atoms with Crippen LogP contribution in [-0.2, 0) is 0 Å². The van der Waals surface area contributed by atoms with Gasteiger partial charge in [0.25, 0.3) is 0 Å². The van der Waals surface area contributed by atoms with Crippen LogP contribution in [0.1, 0.15) is 18.4 Å². The number of fused-ring (bicyclic) bond motifs is 2. The van der Waals surface area contributed by atoms with E-state index in [9.17, 15) is 0 Å². The zero-order valence-electron chi connectivity index (χ0n) is 14.3. The third-order valence-electron chi connectivity index (χ3n) is 4.39. The van der Waals surface area contributed by atoms with E-state index in [2.05, 4.69) is 85.2 Å². The maximum atomic E-state index is 8.74. The molecule has 0 bridgehead atoms. The summed E-state index contributed by atoms with van der Waals surface area (Å²) >= 11 is 0. The minimum atomic E-state index is -1.61. The molecule has 0 atom stereocenters. The molecule has 0 radical (unpaired) electrons. The Bertz CT molecular complexity index is 929. The maximum Gasteiger partial charge on any atom is 0.132 e. The summed E-state index contributed by atoms with van der Waals surface area (Å²) in [6.45, 7) is 4.59. The number of hydrogen-bond acceptors (Lipinski definition) is 1. The molecule has 0 aliphatic carbocycles. The molecule has 118 valence electrons. The number of nitriles is 1. The van der Waals surface area contributed by atoms with Gasteiger partial charge in [0.2, 0.25) is 0 Å². The first-order chi connectivity index (χ1) is 11.6. The highest BCUT2D eigenvalue weighted by Crippen LogP contribution is 2.28. The van der Waals surface area contributed by atoms with E-state index >= 15 is 0 Å². The van der Waals surface area contributed by atoms with Gasteiger partial charge in [0, 0.05) is 12.0 Å². The molecule has 3 aromatic rings. The lowest BCUT2D eigenvalue weighted by molar-refractivity contribution is 0.948. The van der Waals surface area contributed by atoms with Crippen molar-refractivity contribution in [3.8, 4) is 17.5 Å². The Balaban J connectivity index is 2.11. The molecule has 0 spiro atoms. The van der Waals surface area contributed by atoms with Crippen LogP contribution in [0.5, 0.6) is 0 Å². The minimum absolute atomic E-state index is 0.634. The van der Waals surface area contributed by atoms with Crippen molar-refractivity contribution in [1.29, 1.82) is 5.26 Å². The van der Waals surface area contributed by atoms with Gasteiger partial charge >= 0.3 is 0 Å². The summed E-state index contributed by atoms with van der Waals surface area (Å²) in [5.41, 5.74) is 4.74. The summed E-state index contributed by atoms with van der Waals surface area (Å²) in [6.07, 6.45) is 1.59. The largest absolute Gasteiger partial charge is 0.198 e. The molecule has 0 aliphatic rings. The normalized spacial score (nSPS) is 11.0. The van der Waals surface area contributed by atoms with Gasteiger partial charge in [-0.25, -0.2) is 0 Å². The molecule has 3 aromatic carbocycles. The predicted octanol–water partition coefficient (Wildman–Crippen LogP) is 5.90. The molecular formula is C22H21NSi. The first-order valence-corrected chi connectivity index (χ1v) is 11.6. The summed E-state index contributed by atoms with van der Waals surface area (Å²) in [5.74, 6) is 3.53. The lowest BCUT2D eigenvalue weighted by atomic mass is 9.97. The van der Waals surface area contributed by atoms with Gasteiger partial charge in [-0.2, -0.15) is 5.26 Å². The molecule has 0 aliphatic heterocycles. The Labute approximate surface area is 144 Å². The highest BCUT2D eigenvalue weighted by molar-refractivity contribution is 6.85. The molecule has 3 rings (SSSR count). The van der Waals surface area contributed by atoms with Crippen molar-refractivity contribution in [2.75, 3.05) is 0 Å². The second-order valence-corrected chi connectivity index (χ2v) is 11.4. The molecular weight excluding hydrogens is 306 g/mol. The van der Waals surface area contributed by atoms with Gasteiger partial charge < -0.3 is 0 Å². The molecule has 0 heterocycles. The van der Waals surface area contributed by atoms with E-state index in [1.165, 1.54) is 21.5 Å². The smallest absolute Gasteiger partial charge is 0.132 e. The Morgan fingerprint density at radius 2 is 1.50 bits per heavy atom. The third-order valence-corrected chi connectivity index (χ3v) is 6.79. The maximum absolute atomic E-state index is 8.74. The molecule has 0 amide bonds. The summed E-state index contributed by atoms with van der Waals surface area (Å²) in [7, 11) is -1.61. The summed E-state index contributed by atoms with van der Waals surface area (Å²) in [6, 6.07) is 22.5. The monoisotopic (exact) mass is 327 g/mol. The zero-order chi connectivity index (χ0) is 17.0. The van der Waals surface area contributed by atoms with Crippen LogP contribution >= 0.6 is 0 Å². The summed E-state index contributed by atoms with van der Waals surface area (Å²) in [4.78, 5) is 0. The molecule has 24 heavy (non-hydrogen) atoms. The standard InChI is InChI=1S/C22H21NSi/c1-24(2,15-8-7-14-23)16-13-22-20-11-5-3-9-18(20)17-19-10-4-6-12-21(19)22/h3-6,9-12,17H,7-8,15H2,1-2H3. The second kappa shape index (κ2) is 6.91. The average molecular weight is 328 g/mol. The van der Waals surface area contributed by atoms with Crippen molar-refractivity contribution in [2.45, 2.75) is 32.0 Å². The lowest BCUT2D eigenvalue weighted by Gasteiger charge is -2.13. The van der Waals surface area contributed by atoms with E-state index < -0.39 is 8.07 Å².